The standard InChI is InChI=1S/C17H26N4O2/c1-4-15-14(13-20(5-2)6-3)12-16(23-15)17(22)18-9-11-21-10-7-8-19-21/h7-8,10,12H,4-6,9,11,13H2,1-3H3,(H,18,22). The zero-order chi connectivity index (χ0) is 16.7. The van der Waals surface area contributed by atoms with Gasteiger partial charge in [-0.05, 0) is 25.2 Å². The largest absolute Gasteiger partial charge is 0.456 e. The number of aromatic nitrogens is 2. The molecule has 0 aliphatic rings. The van der Waals surface area contributed by atoms with Crippen molar-refractivity contribution >= 4 is 5.91 Å². The van der Waals surface area contributed by atoms with Gasteiger partial charge in [0, 0.05) is 37.5 Å². The van der Waals surface area contributed by atoms with Crippen LogP contribution in [0.1, 0.15) is 42.6 Å². The number of rotatable bonds is 9. The molecule has 6 heteroatoms. The van der Waals surface area contributed by atoms with Crippen LogP contribution in [0.15, 0.2) is 28.9 Å². The van der Waals surface area contributed by atoms with Crippen LogP contribution in [0, 0.1) is 0 Å². The first-order valence-electron chi connectivity index (χ1n) is 8.27. The van der Waals surface area contributed by atoms with Crippen LogP contribution < -0.4 is 5.32 Å². The Balaban J connectivity index is 1.95. The van der Waals surface area contributed by atoms with Crippen molar-refractivity contribution in [3.63, 3.8) is 0 Å². The minimum absolute atomic E-state index is 0.169. The lowest BCUT2D eigenvalue weighted by atomic mass is 10.2. The molecule has 2 rings (SSSR count). The number of aryl methyl sites for hydroxylation is 1. The SMILES string of the molecule is CCc1oc(C(=O)NCCn2cccn2)cc1CN(CC)CC. The van der Waals surface area contributed by atoms with Crippen molar-refractivity contribution in [1.29, 1.82) is 0 Å². The normalized spacial score (nSPS) is 11.1. The highest BCUT2D eigenvalue weighted by atomic mass is 16.4. The van der Waals surface area contributed by atoms with Crippen molar-refractivity contribution < 1.29 is 9.21 Å². The quantitative estimate of drug-likeness (QED) is 0.770. The first-order chi connectivity index (χ1) is 11.2. The average Bonchev–Trinajstić information content (AvgIpc) is 3.21. The lowest BCUT2D eigenvalue weighted by Gasteiger charge is -2.17. The van der Waals surface area contributed by atoms with Crippen molar-refractivity contribution in [2.24, 2.45) is 0 Å². The molecule has 2 aromatic rings. The van der Waals surface area contributed by atoms with Gasteiger partial charge in [0.15, 0.2) is 5.76 Å². The van der Waals surface area contributed by atoms with E-state index < -0.39 is 0 Å². The van der Waals surface area contributed by atoms with Gasteiger partial charge in [0.2, 0.25) is 0 Å². The van der Waals surface area contributed by atoms with E-state index in [9.17, 15) is 4.79 Å². The lowest BCUT2D eigenvalue weighted by molar-refractivity contribution is 0.0922. The van der Waals surface area contributed by atoms with Gasteiger partial charge >= 0.3 is 0 Å². The third-order valence-electron chi connectivity index (χ3n) is 3.92. The number of nitrogens with one attached hydrogen (secondary N) is 1. The summed E-state index contributed by atoms with van der Waals surface area (Å²) in [6.45, 7) is 10.3. The van der Waals surface area contributed by atoms with E-state index in [1.165, 1.54) is 0 Å². The Morgan fingerprint density at radius 2 is 2.13 bits per heavy atom. The molecule has 1 amide bonds. The van der Waals surface area contributed by atoms with Crippen LogP contribution in [0.2, 0.25) is 0 Å². The zero-order valence-electron chi connectivity index (χ0n) is 14.2. The van der Waals surface area contributed by atoms with E-state index in [4.69, 9.17) is 4.42 Å². The van der Waals surface area contributed by atoms with Crippen LogP contribution in [0.5, 0.6) is 0 Å². The van der Waals surface area contributed by atoms with Crippen LogP contribution in [0.25, 0.3) is 0 Å². The highest BCUT2D eigenvalue weighted by Gasteiger charge is 2.16. The summed E-state index contributed by atoms with van der Waals surface area (Å²) < 4.78 is 7.53. The Hall–Kier alpha value is -2.08. The van der Waals surface area contributed by atoms with E-state index in [0.717, 1.165) is 37.4 Å². The number of hydrogen-bond donors (Lipinski definition) is 1. The number of furan rings is 1. The maximum absolute atomic E-state index is 12.2. The van der Waals surface area contributed by atoms with E-state index in [-0.39, 0.29) is 5.91 Å². The fourth-order valence-electron chi connectivity index (χ4n) is 2.50. The summed E-state index contributed by atoms with van der Waals surface area (Å²) in [7, 11) is 0. The van der Waals surface area contributed by atoms with Gasteiger partial charge in [-0.2, -0.15) is 5.10 Å². The minimum Gasteiger partial charge on any atom is -0.456 e. The topological polar surface area (TPSA) is 63.3 Å². The number of carbonyl (C=O) groups is 1. The number of nitrogens with zero attached hydrogens (tertiary/aromatic N) is 3. The molecule has 0 aliphatic heterocycles. The maximum atomic E-state index is 12.2. The van der Waals surface area contributed by atoms with Gasteiger partial charge < -0.3 is 9.73 Å². The van der Waals surface area contributed by atoms with Crippen molar-refractivity contribution in [1.82, 2.24) is 20.0 Å². The third kappa shape index (κ3) is 4.69. The van der Waals surface area contributed by atoms with Crippen molar-refractivity contribution in [2.45, 2.75) is 40.3 Å². The Labute approximate surface area is 137 Å². The van der Waals surface area contributed by atoms with Gasteiger partial charge in [-0.25, -0.2) is 0 Å². The number of hydrogen-bond acceptors (Lipinski definition) is 4. The number of carbonyl (C=O) groups excluding carboxylic acids is 1. The zero-order valence-corrected chi connectivity index (χ0v) is 14.2. The molecule has 0 saturated heterocycles. The van der Waals surface area contributed by atoms with Gasteiger partial charge in [-0.1, -0.05) is 20.8 Å². The first kappa shape index (κ1) is 17.3. The number of amides is 1. The predicted molar refractivity (Wildman–Crippen MR) is 89.3 cm³/mol. The molecule has 126 valence electrons. The fraction of sp³-hybridized carbons (Fsp3) is 0.529. The molecule has 0 fully saturated rings. The van der Waals surface area contributed by atoms with Crippen LogP contribution in [-0.4, -0.2) is 40.2 Å². The molecular weight excluding hydrogens is 292 g/mol. The molecule has 0 radical (unpaired) electrons. The Morgan fingerprint density at radius 1 is 1.35 bits per heavy atom. The lowest BCUT2D eigenvalue weighted by Crippen LogP contribution is -2.27. The first-order valence-corrected chi connectivity index (χ1v) is 8.27. The van der Waals surface area contributed by atoms with Gasteiger partial charge in [0.1, 0.15) is 5.76 Å². The highest BCUT2D eigenvalue weighted by Crippen LogP contribution is 2.18. The van der Waals surface area contributed by atoms with E-state index in [1.54, 1.807) is 10.9 Å². The summed E-state index contributed by atoms with van der Waals surface area (Å²) in [5.74, 6) is 1.12. The van der Waals surface area contributed by atoms with Crippen LogP contribution >= 0.6 is 0 Å². The van der Waals surface area contributed by atoms with Crippen molar-refractivity contribution in [3.8, 4) is 0 Å². The van der Waals surface area contributed by atoms with Crippen LogP contribution in [-0.2, 0) is 19.5 Å². The van der Waals surface area contributed by atoms with Crippen molar-refractivity contribution in [3.05, 3.63) is 41.6 Å². The summed E-state index contributed by atoms with van der Waals surface area (Å²) in [6, 6.07) is 3.74. The third-order valence-corrected chi connectivity index (χ3v) is 3.92. The molecule has 0 unspecified atom stereocenters. The Bertz CT molecular complexity index is 600. The second kappa shape index (κ2) is 8.53. The summed E-state index contributed by atoms with van der Waals surface area (Å²) >= 11 is 0. The minimum atomic E-state index is -0.169. The predicted octanol–water partition coefficient (Wildman–Crippen LogP) is 2.31. The molecule has 0 saturated carbocycles. The van der Waals surface area contributed by atoms with Gasteiger partial charge in [-0.3, -0.25) is 14.4 Å². The van der Waals surface area contributed by atoms with Crippen LogP contribution in [0.4, 0.5) is 0 Å². The molecule has 2 aromatic heterocycles. The molecule has 0 atom stereocenters. The summed E-state index contributed by atoms with van der Waals surface area (Å²) in [4.78, 5) is 14.5. The van der Waals surface area contributed by atoms with Crippen LogP contribution in [0.3, 0.4) is 0 Å². The second-order valence-corrected chi connectivity index (χ2v) is 5.40. The molecule has 0 aliphatic carbocycles. The van der Waals surface area contributed by atoms with Gasteiger partial charge in [0.25, 0.3) is 5.91 Å². The van der Waals surface area contributed by atoms with E-state index in [1.807, 2.05) is 25.3 Å². The summed E-state index contributed by atoms with van der Waals surface area (Å²) in [5.41, 5.74) is 1.11. The van der Waals surface area contributed by atoms with E-state index >= 15 is 0 Å². The average molecular weight is 318 g/mol. The molecule has 2 heterocycles. The molecule has 23 heavy (non-hydrogen) atoms. The van der Waals surface area contributed by atoms with Crippen molar-refractivity contribution in [2.75, 3.05) is 19.6 Å². The monoisotopic (exact) mass is 318 g/mol. The molecule has 1 N–H and O–H groups in total. The summed E-state index contributed by atoms with van der Waals surface area (Å²) in [6.07, 6.45) is 4.38. The van der Waals surface area contributed by atoms with Gasteiger partial charge in [0.05, 0.1) is 6.54 Å². The Kier molecular flexibility index (Phi) is 6.40. The summed E-state index contributed by atoms with van der Waals surface area (Å²) in [5, 5.41) is 6.98. The molecule has 0 aromatic carbocycles. The highest BCUT2D eigenvalue weighted by molar-refractivity contribution is 5.91. The molecular formula is C17H26N4O2. The fourth-order valence-corrected chi connectivity index (χ4v) is 2.50. The molecule has 0 bridgehead atoms. The van der Waals surface area contributed by atoms with E-state index in [2.05, 4.69) is 29.2 Å². The second-order valence-electron chi connectivity index (χ2n) is 5.40. The molecule has 0 spiro atoms. The Morgan fingerprint density at radius 3 is 2.74 bits per heavy atom. The van der Waals surface area contributed by atoms with Gasteiger partial charge in [-0.15, -0.1) is 0 Å². The molecule has 6 nitrogen and oxygen atoms in total. The maximum Gasteiger partial charge on any atom is 0.287 e. The van der Waals surface area contributed by atoms with E-state index in [0.29, 0.717) is 18.8 Å². The smallest absolute Gasteiger partial charge is 0.287 e.